The maximum Gasteiger partial charge on any atom is 0.220 e. The number of carbonyl (C=O) groups excluding carboxylic acids is 1. The number of amides is 1. The Bertz CT molecular complexity index is 203. The summed E-state index contributed by atoms with van der Waals surface area (Å²) in [5.41, 5.74) is 5.49. The Labute approximate surface area is 97.9 Å². The second-order valence-electron chi connectivity index (χ2n) is 4.65. The van der Waals surface area contributed by atoms with Crippen molar-refractivity contribution >= 4 is 5.91 Å². The molecule has 94 valence electrons. The van der Waals surface area contributed by atoms with E-state index in [0.29, 0.717) is 25.0 Å². The first-order chi connectivity index (χ1) is 7.72. The molecule has 4 heteroatoms. The molecule has 1 saturated heterocycles. The summed E-state index contributed by atoms with van der Waals surface area (Å²) in [7, 11) is 0. The van der Waals surface area contributed by atoms with Crippen molar-refractivity contribution in [3.8, 4) is 0 Å². The predicted molar refractivity (Wildman–Crippen MR) is 64.1 cm³/mol. The maximum absolute atomic E-state index is 11.4. The molecule has 1 fully saturated rings. The van der Waals surface area contributed by atoms with E-state index in [0.717, 1.165) is 38.8 Å². The summed E-state index contributed by atoms with van der Waals surface area (Å²) in [6.45, 7) is 4.34. The number of carbonyl (C=O) groups is 1. The Hall–Kier alpha value is -0.610. The van der Waals surface area contributed by atoms with Crippen molar-refractivity contribution in [1.29, 1.82) is 0 Å². The van der Waals surface area contributed by atoms with Crippen molar-refractivity contribution < 1.29 is 9.53 Å². The Balaban J connectivity index is 1.97. The van der Waals surface area contributed by atoms with Crippen LogP contribution in [0.1, 0.15) is 39.0 Å². The minimum absolute atomic E-state index is 0.137. The highest BCUT2D eigenvalue weighted by molar-refractivity contribution is 5.75. The van der Waals surface area contributed by atoms with Crippen LogP contribution in [0.4, 0.5) is 0 Å². The Morgan fingerprint density at radius 3 is 3.06 bits per heavy atom. The van der Waals surface area contributed by atoms with Gasteiger partial charge in [0.15, 0.2) is 0 Å². The highest BCUT2D eigenvalue weighted by Gasteiger charge is 2.15. The third-order valence-electron chi connectivity index (χ3n) is 3.08. The lowest BCUT2D eigenvalue weighted by Gasteiger charge is -2.11. The standard InChI is InChI=1S/C12H24N2O2/c1-10(9-13)4-5-12(15)14-7-6-11-3-2-8-16-11/h10-11H,2-9,13H2,1H3,(H,14,15). The zero-order valence-corrected chi connectivity index (χ0v) is 10.2. The van der Waals surface area contributed by atoms with Gasteiger partial charge in [0.25, 0.3) is 0 Å². The summed E-state index contributed by atoms with van der Waals surface area (Å²) >= 11 is 0. The highest BCUT2D eigenvalue weighted by atomic mass is 16.5. The van der Waals surface area contributed by atoms with Gasteiger partial charge in [0.1, 0.15) is 0 Å². The molecule has 0 aromatic heterocycles. The van der Waals surface area contributed by atoms with Crippen molar-refractivity contribution in [2.75, 3.05) is 19.7 Å². The molecule has 0 saturated carbocycles. The van der Waals surface area contributed by atoms with Crippen LogP contribution in [0.3, 0.4) is 0 Å². The minimum Gasteiger partial charge on any atom is -0.378 e. The average molecular weight is 228 g/mol. The van der Waals surface area contributed by atoms with Crippen molar-refractivity contribution in [2.45, 2.75) is 45.1 Å². The molecule has 16 heavy (non-hydrogen) atoms. The fraction of sp³-hybridized carbons (Fsp3) is 0.917. The van der Waals surface area contributed by atoms with Crippen LogP contribution in [0.5, 0.6) is 0 Å². The zero-order chi connectivity index (χ0) is 11.8. The maximum atomic E-state index is 11.4. The predicted octanol–water partition coefficient (Wildman–Crippen LogP) is 1.05. The number of ether oxygens (including phenoxy) is 1. The molecule has 1 aliphatic rings. The van der Waals surface area contributed by atoms with Gasteiger partial charge in [-0.1, -0.05) is 6.92 Å². The number of hydrogen-bond acceptors (Lipinski definition) is 3. The fourth-order valence-electron chi connectivity index (χ4n) is 1.83. The zero-order valence-electron chi connectivity index (χ0n) is 10.2. The number of hydrogen-bond donors (Lipinski definition) is 2. The summed E-state index contributed by atoms with van der Waals surface area (Å²) in [6, 6.07) is 0. The molecule has 0 aromatic rings. The third kappa shape index (κ3) is 5.47. The van der Waals surface area contributed by atoms with Crippen LogP contribution in [0.2, 0.25) is 0 Å². The lowest BCUT2D eigenvalue weighted by molar-refractivity contribution is -0.121. The Morgan fingerprint density at radius 1 is 1.62 bits per heavy atom. The molecule has 2 unspecified atom stereocenters. The second-order valence-corrected chi connectivity index (χ2v) is 4.65. The number of nitrogens with two attached hydrogens (primary N) is 1. The number of nitrogens with one attached hydrogen (secondary N) is 1. The van der Waals surface area contributed by atoms with Crippen molar-refractivity contribution in [1.82, 2.24) is 5.32 Å². The summed E-state index contributed by atoms with van der Waals surface area (Å²) in [4.78, 5) is 11.4. The van der Waals surface area contributed by atoms with E-state index in [1.54, 1.807) is 0 Å². The van der Waals surface area contributed by atoms with E-state index in [9.17, 15) is 4.79 Å². The molecule has 2 atom stereocenters. The van der Waals surface area contributed by atoms with Crippen molar-refractivity contribution in [3.05, 3.63) is 0 Å². The molecule has 0 bridgehead atoms. The smallest absolute Gasteiger partial charge is 0.220 e. The van der Waals surface area contributed by atoms with Gasteiger partial charge in [0, 0.05) is 19.6 Å². The van der Waals surface area contributed by atoms with E-state index in [-0.39, 0.29) is 5.91 Å². The van der Waals surface area contributed by atoms with Crippen LogP contribution in [0, 0.1) is 5.92 Å². The van der Waals surface area contributed by atoms with Gasteiger partial charge in [-0.25, -0.2) is 0 Å². The lowest BCUT2D eigenvalue weighted by Crippen LogP contribution is -2.27. The van der Waals surface area contributed by atoms with E-state index in [1.807, 2.05) is 0 Å². The van der Waals surface area contributed by atoms with E-state index >= 15 is 0 Å². The van der Waals surface area contributed by atoms with Crippen LogP contribution < -0.4 is 11.1 Å². The molecule has 0 spiro atoms. The SMILES string of the molecule is CC(CN)CCC(=O)NCCC1CCCO1. The fourth-order valence-corrected chi connectivity index (χ4v) is 1.83. The monoisotopic (exact) mass is 228 g/mol. The van der Waals surface area contributed by atoms with Gasteiger partial charge in [-0.05, 0) is 38.1 Å². The second kappa shape index (κ2) is 7.63. The van der Waals surface area contributed by atoms with E-state index in [2.05, 4.69) is 12.2 Å². The molecular formula is C12H24N2O2. The largest absolute Gasteiger partial charge is 0.378 e. The van der Waals surface area contributed by atoms with Gasteiger partial charge >= 0.3 is 0 Å². The molecule has 3 N–H and O–H groups in total. The van der Waals surface area contributed by atoms with Crippen molar-refractivity contribution in [3.63, 3.8) is 0 Å². The minimum atomic E-state index is 0.137. The molecular weight excluding hydrogens is 204 g/mol. The van der Waals surface area contributed by atoms with Crippen LogP contribution >= 0.6 is 0 Å². The first-order valence-electron chi connectivity index (χ1n) is 6.30. The first-order valence-corrected chi connectivity index (χ1v) is 6.30. The molecule has 1 heterocycles. The molecule has 0 radical (unpaired) electrons. The molecule has 1 aliphatic heterocycles. The van der Waals surface area contributed by atoms with Crippen molar-refractivity contribution in [2.24, 2.45) is 11.7 Å². The number of rotatable bonds is 7. The van der Waals surface area contributed by atoms with E-state index < -0.39 is 0 Å². The molecule has 0 aromatic carbocycles. The third-order valence-corrected chi connectivity index (χ3v) is 3.08. The van der Waals surface area contributed by atoms with Gasteiger partial charge in [0.2, 0.25) is 5.91 Å². The van der Waals surface area contributed by atoms with Crippen LogP contribution in [-0.2, 0) is 9.53 Å². The van der Waals surface area contributed by atoms with Crippen LogP contribution in [0.15, 0.2) is 0 Å². The van der Waals surface area contributed by atoms with Crippen LogP contribution in [-0.4, -0.2) is 31.7 Å². The quantitative estimate of drug-likeness (QED) is 0.684. The summed E-state index contributed by atoms with van der Waals surface area (Å²) in [5, 5.41) is 2.93. The van der Waals surface area contributed by atoms with Gasteiger partial charge in [-0.3, -0.25) is 4.79 Å². The van der Waals surface area contributed by atoms with Gasteiger partial charge in [0.05, 0.1) is 6.10 Å². The lowest BCUT2D eigenvalue weighted by atomic mass is 10.1. The Morgan fingerprint density at radius 2 is 2.44 bits per heavy atom. The van der Waals surface area contributed by atoms with E-state index in [1.165, 1.54) is 0 Å². The Kier molecular flexibility index (Phi) is 6.42. The molecule has 1 rings (SSSR count). The molecule has 0 aliphatic carbocycles. The normalized spacial score (nSPS) is 22.0. The van der Waals surface area contributed by atoms with Gasteiger partial charge < -0.3 is 15.8 Å². The van der Waals surface area contributed by atoms with Gasteiger partial charge in [-0.15, -0.1) is 0 Å². The van der Waals surface area contributed by atoms with Crippen LogP contribution in [0.25, 0.3) is 0 Å². The summed E-state index contributed by atoms with van der Waals surface area (Å²) < 4.78 is 5.48. The first kappa shape index (κ1) is 13.5. The molecule has 1 amide bonds. The summed E-state index contributed by atoms with van der Waals surface area (Å²) in [6.07, 6.45) is 5.07. The topological polar surface area (TPSA) is 64.4 Å². The van der Waals surface area contributed by atoms with E-state index in [4.69, 9.17) is 10.5 Å². The highest BCUT2D eigenvalue weighted by Crippen LogP contribution is 2.14. The van der Waals surface area contributed by atoms with Gasteiger partial charge in [-0.2, -0.15) is 0 Å². The summed E-state index contributed by atoms with van der Waals surface area (Å²) in [5.74, 6) is 0.571. The molecule has 4 nitrogen and oxygen atoms in total. The average Bonchev–Trinajstić information content (AvgIpc) is 2.79.